The molecule has 4 saturated carbocycles. The van der Waals surface area contributed by atoms with Crippen molar-refractivity contribution < 1.29 is 14.7 Å². The van der Waals surface area contributed by atoms with Crippen molar-refractivity contribution in [1.82, 2.24) is 10.2 Å². The predicted octanol–water partition coefficient (Wildman–Crippen LogP) is 4.35. The Hall–Kier alpha value is -1.88. The number of piperidine rings is 1. The number of likely N-dealkylation sites (tertiary alicyclic amines) is 1. The molecule has 2 unspecified atom stereocenters. The van der Waals surface area contributed by atoms with Crippen LogP contribution in [0, 0.1) is 30.1 Å². The van der Waals surface area contributed by atoms with Crippen molar-refractivity contribution in [2.45, 2.75) is 83.2 Å². The molecule has 1 amide bonds. The molecule has 5 fully saturated rings. The van der Waals surface area contributed by atoms with Crippen LogP contribution in [0.3, 0.4) is 0 Å². The zero-order chi connectivity index (χ0) is 22.7. The first-order valence-electron chi connectivity index (χ1n) is 12.5. The second kappa shape index (κ2) is 7.86. The predicted molar refractivity (Wildman–Crippen MR) is 124 cm³/mol. The lowest BCUT2D eigenvalue weighted by Crippen LogP contribution is -2.65. The molecule has 1 aromatic rings. The van der Waals surface area contributed by atoms with Gasteiger partial charge in [-0.15, -0.1) is 0 Å². The van der Waals surface area contributed by atoms with E-state index in [1.54, 1.807) is 0 Å². The smallest absolute Gasteiger partial charge is 0.309 e. The van der Waals surface area contributed by atoms with Crippen LogP contribution in [0.5, 0.6) is 0 Å². The quantitative estimate of drug-likeness (QED) is 0.717. The van der Waals surface area contributed by atoms with E-state index < -0.39 is 16.9 Å². The molecule has 1 aromatic carbocycles. The summed E-state index contributed by atoms with van der Waals surface area (Å²) in [7, 11) is 0. The van der Waals surface area contributed by atoms with E-state index in [1.165, 1.54) is 11.1 Å². The van der Waals surface area contributed by atoms with Gasteiger partial charge in [0, 0.05) is 6.04 Å². The normalized spacial score (nSPS) is 35.1. The first-order valence-corrected chi connectivity index (χ1v) is 12.5. The molecule has 4 bridgehead atoms. The third kappa shape index (κ3) is 3.57. The van der Waals surface area contributed by atoms with Crippen LogP contribution in [0.2, 0.25) is 0 Å². The second-order valence-corrected chi connectivity index (χ2v) is 11.7. The van der Waals surface area contributed by atoms with Gasteiger partial charge in [0.2, 0.25) is 5.91 Å². The average molecular weight is 439 g/mol. The Balaban J connectivity index is 1.23. The highest BCUT2D eigenvalue weighted by Crippen LogP contribution is 2.60. The maximum atomic E-state index is 13.5. The van der Waals surface area contributed by atoms with Gasteiger partial charge in [0.05, 0.1) is 11.0 Å². The molecule has 5 aliphatic rings. The lowest BCUT2D eigenvalue weighted by atomic mass is 9.48. The lowest BCUT2D eigenvalue weighted by Gasteiger charge is -2.58. The third-order valence-corrected chi connectivity index (χ3v) is 9.49. The summed E-state index contributed by atoms with van der Waals surface area (Å²) in [6, 6.07) is 8.83. The van der Waals surface area contributed by atoms with E-state index in [0.717, 1.165) is 58.0 Å². The van der Waals surface area contributed by atoms with Crippen molar-refractivity contribution in [3.05, 3.63) is 35.4 Å². The van der Waals surface area contributed by atoms with Gasteiger partial charge in [-0.2, -0.15) is 0 Å². The molecule has 0 radical (unpaired) electrons. The molecule has 174 valence electrons. The number of hydrogen-bond acceptors (Lipinski definition) is 3. The molecule has 6 rings (SSSR count). The number of aliphatic carboxylic acids is 1. The Morgan fingerprint density at radius 2 is 1.69 bits per heavy atom. The van der Waals surface area contributed by atoms with Gasteiger partial charge >= 0.3 is 5.97 Å². The Morgan fingerprint density at radius 3 is 2.28 bits per heavy atom. The molecule has 1 aliphatic heterocycles. The minimum absolute atomic E-state index is 0.119. The van der Waals surface area contributed by atoms with E-state index in [4.69, 9.17) is 0 Å². The van der Waals surface area contributed by atoms with Crippen LogP contribution in [-0.4, -0.2) is 46.6 Å². The number of amides is 1. The molecule has 32 heavy (non-hydrogen) atoms. The number of benzene rings is 1. The van der Waals surface area contributed by atoms with Crippen LogP contribution in [-0.2, 0) is 9.59 Å². The highest BCUT2D eigenvalue weighted by atomic mass is 16.4. The molecule has 2 N–H and O–H groups in total. The lowest BCUT2D eigenvalue weighted by molar-refractivity contribution is -0.168. The van der Waals surface area contributed by atoms with Crippen molar-refractivity contribution in [1.29, 1.82) is 0 Å². The third-order valence-electron chi connectivity index (χ3n) is 9.49. The van der Waals surface area contributed by atoms with Crippen LogP contribution in [0.1, 0.15) is 75.8 Å². The fraction of sp³-hybridized carbons (Fsp3) is 0.704. The zero-order valence-electron chi connectivity index (χ0n) is 19.8. The Morgan fingerprint density at radius 1 is 1.06 bits per heavy atom. The van der Waals surface area contributed by atoms with E-state index in [1.807, 2.05) is 0 Å². The maximum absolute atomic E-state index is 13.5. The number of carbonyl (C=O) groups excluding carboxylic acids is 1. The molecular formula is C27H38N2O3. The van der Waals surface area contributed by atoms with E-state index >= 15 is 0 Å². The summed E-state index contributed by atoms with van der Waals surface area (Å²) in [5.41, 5.74) is 1.75. The number of nitrogens with one attached hydrogen (secondary N) is 1. The van der Waals surface area contributed by atoms with Crippen LogP contribution in [0.25, 0.3) is 0 Å². The molecule has 0 aromatic heterocycles. The molecule has 5 heteroatoms. The van der Waals surface area contributed by atoms with Crippen molar-refractivity contribution in [2.75, 3.05) is 13.1 Å². The molecule has 1 saturated heterocycles. The van der Waals surface area contributed by atoms with Gasteiger partial charge in [-0.3, -0.25) is 14.5 Å². The molecular weight excluding hydrogens is 400 g/mol. The van der Waals surface area contributed by atoms with Crippen molar-refractivity contribution in [3.63, 3.8) is 0 Å². The Labute approximate surface area is 191 Å². The summed E-state index contributed by atoms with van der Waals surface area (Å²) in [5.74, 6) is 1.26. The number of nitrogens with zero attached hydrogens (tertiary/aromatic N) is 1. The van der Waals surface area contributed by atoms with Gasteiger partial charge in [-0.1, -0.05) is 24.3 Å². The topological polar surface area (TPSA) is 69.6 Å². The number of aryl methyl sites for hydroxylation is 1. The minimum Gasteiger partial charge on any atom is -0.481 e. The van der Waals surface area contributed by atoms with Crippen LogP contribution < -0.4 is 5.32 Å². The van der Waals surface area contributed by atoms with Crippen LogP contribution in [0.15, 0.2) is 24.3 Å². The van der Waals surface area contributed by atoms with Crippen LogP contribution >= 0.6 is 0 Å². The van der Waals surface area contributed by atoms with Gasteiger partial charge in [-0.25, -0.2) is 0 Å². The van der Waals surface area contributed by atoms with Crippen LogP contribution in [0.4, 0.5) is 0 Å². The second-order valence-electron chi connectivity index (χ2n) is 11.7. The molecule has 5 nitrogen and oxygen atoms in total. The number of carboxylic acids is 1. The highest BCUT2D eigenvalue weighted by molar-refractivity contribution is 5.86. The standard InChI is InChI=1S/C27H38N2O3/c1-17-6-4-5-7-22(17)19-8-10-29(11-9-19)26(2,3)24(30)28-23-20-12-18-13-21(23)16-27(14-18,15-20)25(31)32/h4-7,18-21,23H,8-16H2,1-3H3,(H,28,30)(H,31,32). The summed E-state index contributed by atoms with van der Waals surface area (Å²) in [4.78, 5) is 27.9. The summed E-state index contributed by atoms with van der Waals surface area (Å²) in [6.45, 7) is 8.18. The van der Waals surface area contributed by atoms with Gasteiger partial charge < -0.3 is 10.4 Å². The van der Waals surface area contributed by atoms with Crippen molar-refractivity contribution in [3.8, 4) is 0 Å². The summed E-state index contributed by atoms with van der Waals surface area (Å²) in [5, 5.41) is 13.3. The van der Waals surface area contributed by atoms with Gasteiger partial charge in [-0.05, 0) is 114 Å². The number of carbonyl (C=O) groups is 2. The molecule has 4 aliphatic carbocycles. The summed E-state index contributed by atoms with van der Waals surface area (Å²) in [6.07, 6.45) is 6.65. The van der Waals surface area contributed by atoms with E-state index in [-0.39, 0.29) is 11.9 Å². The molecule has 1 heterocycles. The number of hydrogen-bond donors (Lipinski definition) is 2. The monoisotopic (exact) mass is 438 g/mol. The van der Waals surface area contributed by atoms with Gasteiger partial charge in [0.25, 0.3) is 0 Å². The number of carboxylic acid groups (broad SMARTS) is 1. The van der Waals surface area contributed by atoms with Gasteiger partial charge in [0.1, 0.15) is 0 Å². The van der Waals surface area contributed by atoms with E-state index in [9.17, 15) is 14.7 Å². The SMILES string of the molecule is Cc1ccccc1C1CCN(C(C)(C)C(=O)NC2C3CC4CC2CC(C(=O)O)(C4)C3)CC1. The largest absolute Gasteiger partial charge is 0.481 e. The van der Waals surface area contributed by atoms with Crippen molar-refractivity contribution >= 4 is 11.9 Å². The fourth-order valence-corrected chi connectivity index (χ4v) is 7.79. The average Bonchev–Trinajstić information content (AvgIpc) is 2.76. The van der Waals surface area contributed by atoms with E-state index in [2.05, 4.69) is 55.3 Å². The fourth-order valence-electron chi connectivity index (χ4n) is 7.79. The van der Waals surface area contributed by atoms with Gasteiger partial charge in [0.15, 0.2) is 0 Å². The highest BCUT2D eigenvalue weighted by Gasteiger charge is 2.59. The van der Waals surface area contributed by atoms with Crippen molar-refractivity contribution in [2.24, 2.45) is 23.2 Å². The maximum Gasteiger partial charge on any atom is 0.309 e. The first-order chi connectivity index (χ1) is 15.2. The van der Waals surface area contributed by atoms with E-state index in [0.29, 0.717) is 23.7 Å². The summed E-state index contributed by atoms with van der Waals surface area (Å²) >= 11 is 0. The Bertz CT molecular complexity index is 886. The summed E-state index contributed by atoms with van der Waals surface area (Å²) < 4.78 is 0. The minimum atomic E-state index is -0.612. The first kappa shape index (κ1) is 21.9. The zero-order valence-corrected chi connectivity index (χ0v) is 19.8. The number of rotatable bonds is 5. The molecule has 0 spiro atoms. The Kier molecular flexibility index (Phi) is 5.39. The molecule has 2 atom stereocenters.